The molecule has 1 fully saturated rings. The molecule has 0 saturated carbocycles. The molecule has 0 unspecified atom stereocenters. The van der Waals surface area contributed by atoms with Crippen LogP contribution in [0.2, 0.25) is 0 Å². The second kappa shape index (κ2) is 12.4. The number of hydrogen-bond acceptors (Lipinski definition) is 5. The molecule has 7 nitrogen and oxygen atoms in total. The Labute approximate surface area is 197 Å². The van der Waals surface area contributed by atoms with E-state index < -0.39 is 0 Å². The summed E-state index contributed by atoms with van der Waals surface area (Å²) in [5, 5.41) is 6.17. The van der Waals surface area contributed by atoms with Crippen LogP contribution >= 0.6 is 0 Å². The molecule has 2 N–H and O–H groups in total. The fraction of sp³-hybridized carbons (Fsp3) is 0.462. The molecule has 1 aliphatic heterocycles. The highest BCUT2D eigenvalue weighted by Gasteiger charge is 2.23. The predicted molar refractivity (Wildman–Crippen MR) is 130 cm³/mol. The molecule has 1 heterocycles. The molecule has 1 atom stereocenters. The lowest BCUT2D eigenvalue weighted by Crippen LogP contribution is -2.51. The normalized spacial score (nSPS) is 15.8. The Morgan fingerprint density at radius 1 is 0.848 bits per heavy atom. The third kappa shape index (κ3) is 7.87. The average Bonchev–Trinajstić information content (AvgIpc) is 2.83. The molecule has 0 bridgehead atoms. The Balaban J connectivity index is 1.53. The molecular weight excluding hydrogens is 416 g/mol. The van der Waals surface area contributed by atoms with E-state index in [0.29, 0.717) is 25.6 Å². The second-order valence-electron chi connectivity index (χ2n) is 8.93. The van der Waals surface area contributed by atoms with Crippen molar-refractivity contribution in [2.45, 2.75) is 19.9 Å². The van der Waals surface area contributed by atoms with E-state index in [0.717, 1.165) is 43.1 Å². The molecule has 178 valence electrons. The number of benzene rings is 2. The number of hydrogen-bond donors (Lipinski definition) is 2. The van der Waals surface area contributed by atoms with Gasteiger partial charge in [0.05, 0.1) is 26.2 Å². The minimum Gasteiger partial charge on any atom is -0.497 e. The monoisotopic (exact) mass is 452 g/mol. The first-order chi connectivity index (χ1) is 15.9. The van der Waals surface area contributed by atoms with Gasteiger partial charge >= 0.3 is 0 Å². The first-order valence-corrected chi connectivity index (χ1v) is 11.6. The van der Waals surface area contributed by atoms with Crippen LogP contribution in [-0.4, -0.2) is 74.5 Å². The second-order valence-corrected chi connectivity index (χ2v) is 8.93. The van der Waals surface area contributed by atoms with Crippen molar-refractivity contribution in [2.75, 3.05) is 52.9 Å². The van der Waals surface area contributed by atoms with Gasteiger partial charge in [0.25, 0.3) is 0 Å². The summed E-state index contributed by atoms with van der Waals surface area (Å²) in [6, 6.07) is 17.6. The quantitative estimate of drug-likeness (QED) is 0.579. The number of carbonyl (C=O) groups is 2. The van der Waals surface area contributed by atoms with Crippen LogP contribution in [0, 0.1) is 5.92 Å². The summed E-state index contributed by atoms with van der Waals surface area (Å²) in [5.41, 5.74) is 2.04. The van der Waals surface area contributed by atoms with Crippen molar-refractivity contribution in [1.82, 2.24) is 20.4 Å². The number of methoxy groups -OCH3 is 1. The number of carbonyl (C=O) groups excluding carboxylic acids is 2. The van der Waals surface area contributed by atoms with E-state index >= 15 is 0 Å². The molecule has 7 heteroatoms. The highest BCUT2D eigenvalue weighted by molar-refractivity contribution is 5.79. The van der Waals surface area contributed by atoms with Crippen molar-refractivity contribution < 1.29 is 14.3 Å². The van der Waals surface area contributed by atoms with Crippen molar-refractivity contribution in [3.63, 3.8) is 0 Å². The van der Waals surface area contributed by atoms with Crippen molar-refractivity contribution >= 4 is 11.8 Å². The molecule has 0 spiro atoms. The van der Waals surface area contributed by atoms with Crippen LogP contribution < -0.4 is 15.4 Å². The first-order valence-electron chi connectivity index (χ1n) is 11.6. The number of rotatable bonds is 10. The number of nitrogens with one attached hydrogen (secondary N) is 2. The molecule has 0 radical (unpaired) electrons. The van der Waals surface area contributed by atoms with Crippen LogP contribution in [0.1, 0.15) is 31.0 Å². The number of amides is 2. The van der Waals surface area contributed by atoms with E-state index in [2.05, 4.69) is 34.3 Å². The molecule has 2 aromatic carbocycles. The lowest BCUT2D eigenvalue weighted by molar-refractivity contribution is -0.125. The SMILES string of the molecule is COc1ccc([C@@H](NC(=O)CN2CCN(CC(=O)NCC(C)C)CC2)c2ccccc2)cc1. The van der Waals surface area contributed by atoms with Crippen LogP contribution in [0.25, 0.3) is 0 Å². The summed E-state index contributed by atoms with van der Waals surface area (Å²) < 4.78 is 5.27. The van der Waals surface area contributed by atoms with Crippen LogP contribution in [0.4, 0.5) is 0 Å². The van der Waals surface area contributed by atoms with Crippen molar-refractivity contribution in [3.8, 4) is 5.75 Å². The van der Waals surface area contributed by atoms with Gasteiger partial charge in [0.2, 0.25) is 11.8 Å². The van der Waals surface area contributed by atoms with E-state index in [1.54, 1.807) is 7.11 Å². The van der Waals surface area contributed by atoms with E-state index in [9.17, 15) is 9.59 Å². The Morgan fingerprint density at radius 2 is 1.39 bits per heavy atom. The average molecular weight is 453 g/mol. The zero-order valence-electron chi connectivity index (χ0n) is 19.9. The van der Waals surface area contributed by atoms with Gasteiger partial charge in [-0.1, -0.05) is 56.3 Å². The maximum atomic E-state index is 12.9. The van der Waals surface area contributed by atoms with Gasteiger partial charge in [0.15, 0.2) is 0 Å². The van der Waals surface area contributed by atoms with Gasteiger partial charge in [-0.2, -0.15) is 0 Å². The summed E-state index contributed by atoms with van der Waals surface area (Å²) in [7, 11) is 1.64. The minimum atomic E-state index is -0.226. The molecule has 33 heavy (non-hydrogen) atoms. The van der Waals surface area contributed by atoms with Gasteiger partial charge in [-0.05, 0) is 29.2 Å². The van der Waals surface area contributed by atoms with E-state index in [4.69, 9.17) is 4.74 Å². The Hall–Kier alpha value is -2.90. The van der Waals surface area contributed by atoms with E-state index in [1.807, 2.05) is 54.6 Å². The number of ether oxygens (including phenoxy) is 1. The van der Waals surface area contributed by atoms with Gasteiger partial charge in [0, 0.05) is 32.7 Å². The topological polar surface area (TPSA) is 73.9 Å². The summed E-state index contributed by atoms with van der Waals surface area (Å²) in [4.78, 5) is 29.3. The standard InChI is InChI=1S/C26H36N4O3/c1-20(2)17-27-24(31)18-29-13-15-30(16-14-29)19-25(32)28-26(21-7-5-4-6-8-21)22-9-11-23(33-3)12-10-22/h4-12,20,26H,13-19H2,1-3H3,(H,27,31)(H,28,32)/t26-/m0/s1. The molecule has 2 aromatic rings. The lowest BCUT2D eigenvalue weighted by Gasteiger charge is -2.34. The van der Waals surface area contributed by atoms with Crippen LogP contribution in [0.3, 0.4) is 0 Å². The summed E-state index contributed by atoms with van der Waals surface area (Å²) in [5.74, 6) is 1.29. The molecule has 1 saturated heterocycles. The number of nitrogens with zero attached hydrogens (tertiary/aromatic N) is 2. The van der Waals surface area contributed by atoms with Crippen molar-refractivity contribution in [2.24, 2.45) is 5.92 Å². The third-order valence-corrected chi connectivity index (χ3v) is 5.79. The maximum Gasteiger partial charge on any atom is 0.234 e. The van der Waals surface area contributed by atoms with Gasteiger partial charge in [-0.15, -0.1) is 0 Å². The lowest BCUT2D eigenvalue weighted by atomic mass is 9.98. The Kier molecular flexibility index (Phi) is 9.27. The minimum absolute atomic E-state index is 0.0113. The van der Waals surface area contributed by atoms with Crippen LogP contribution in [0.5, 0.6) is 5.75 Å². The summed E-state index contributed by atoms with van der Waals surface area (Å²) in [6.45, 7) is 8.73. The van der Waals surface area contributed by atoms with E-state index in [1.165, 1.54) is 0 Å². The molecule has 0 aliphatic carbocycles. The van der Waals surface area contributed by atoms with Gasteiger partial charge < -0.3 is 15.4 Å². The Morgan fingerprint density at radius 3 is 1.94 bits per heavy atom. The zero-order chi connectivity index (χ0) is 23.6. The fourth-order valence-electron chi connectivity index (χ4n) is 3.89. The fourth-order valence-corrected chi connectivity index (χ4v) is 3.89. The van der Waals surface area contributed by atoms with Crippen LogP contribution in [-0.2, 0) is 9.59 Å². The van der Waals surface area contributed by atoms with E-state index in [-0.39, 0.29) is 17.9 Å². The highest BCUT2D eigenvalue weighted by atomic mass is 16.5. The molecule has 1 aliphatic rings. The third-order valence-electron chi connectivity index (χ3n) is 5.79. The largest absolute Gasteiger partial charge is 0.497 e. The zero-order valence-corrected chi connectivity index (χ0v) is 19.9. The maximum absolute atomic E-state index is 12.9. The first kappa shape index (κ1) is 24.7. The molecule has 0 aromatic heterocycles. The van der Waals surface area contributed by atoms with Gasteiger partial charge in [-0.25, -0.2) is 0 Å². The smallest absolute Gasteiger partial charge is 0.234 e. The van der Waals surface area contributed by atoms with Crippen molar-refractivity contribution in [1.29, 1.82) is 0 Å². The number of piperazine rings is 1. The van der Waals surface area contributed by atoms with Crippen molar-refractivity contribution in [3.05, 3.63) is 65.7 Å². The van der Waals surface area contributed by atoms with Crippen LogP contribution in [0.15, 0.2) is 54.6 Å². The Bertz CT molecular complexity index is 878. The summed E-state index contributed by atoms with van der Waals surface area (Å²) >= 11 is 0. The summed E-state index contributed by atoms with van der Waals surface area (Å²) in [6.07, 6.45) is 0. The molecule has 3 rings (SSSR count). The van der Waals surface area contributed by atoms with Gasteiger partial charge in [0.1, 0.15) is 5.75 Å². The highest BCUT2D eigenvalue weighted by Crippen LogP contribution is 2.24. The van der Waals surface area contributed by atoms with Gasteiger partial charge in [-0.3, -0.25) is 19.4 Å². The molecule has 2 amide bonds. The predicted octanol–water partition coefficient (Wildman–Crippen LogP) is 2.29. The molecular formula is C26H36N4O3.